The fraction of sp³-hybridized carbons (Fsp3) is 0. The molecule has 2 amide bonds. The van der Waals surface area contributed by atoms with Crippen LogP contribution in [0.4, 0.5) is 5.69 Å². The van der Waals surface area contributed by atoms with Gasteiger partial charge in [0.25, 0.3) is 16.7 Å². The molecule has 2 aromatic rings. The Balaban J connectivity index is 1.75. The predicted octanol–water partition coefficient (Wildman–Crippen LogP) is 2.70. The van der Waals surface area contributed by atoms with Gasteiger partial charge < -0.3 is 4.74 Å². The molecule has 5 nitrogen and oxygen atoms in total. The molecule has 0 saturated heterocycles. The summed E-state index contributed by atoms with van der Waals surface area (Å²) in [5.41, 5.74) is 0.491. The standard InChI is InChI=1S/C16H10NO4S/c18-15-9-10-16(19)17(15)11-1-3-12(4-2-11)21-13-5-7-14(22-20)8-6-13/h1-10H/q+1. The summed E-state index contributed by atoms with van der Waals surface area (Å²) >= 11 is 0.419. The van der Waals surface area contributed by atoms with E-state index < -0.39 is 0 Å². The van der Waals surface area contributed by atoms with E-state index in [2.05, 4.69) is 0 Å². The highest BCUT2D eigenvalue weighted by Gasteiger charge is 2.24. The van der Waals surface area contributed by atoms with Crippen LogP contribution >= 0.6 is 0 Å². The lowest BCUT2D eigenvalue weighted by Gasteiger charge is -2.14. The predicted molar refractivity (Wildman–Crippen MR) is 80.9 cm³/mol. The lowest BCUT2D eigenvalue weighted by molar-refractivity contribution is -0.119. The van der Waals surface area contributed by atoms with Crippen molar-refractivity contribution in [3.05, 3.63) is 60.7 Å². The normalized spacial score (nSPS) is 13.5. The van der Waals surface area contributed by atoms with E-state index in [9.17, 15) is 13.8 Å². The van der Waals surface area contributed by atoms with E-state index in [1.54, 1.807) is 48.5 Å². The minimum Gasteiger partial charge on any atom is -0.457 e. The zero-order valence-electron chi connectivity index (χ0n) is 11.3. The minimum absolute atomic E-state index is 0.357. The zero-order chi connectivity index (χ0) is 15.5. The fourth-order valence-electron chi connectivity index (χ4n) is 2.02. The second-order valence-electron chi connectivity index (χ2n) is 4.50. The number of imide groups is 1. The summed E-state index contributed by atoms with van der Waals surface area (Å²) in [7, 11) is 0. The maximum atomic E-state index is 11.6. The number of rotatable bonds is 4. The number of hydrogen-bond acceptors (Lipinski definition) is 4. The quantitative estimate of drug-likeness (QED) is 0.643. The molecule has 6 heteroatoms. The summed E-state index contributed by atoms with van der Waals surface area (Å²) in [5.74, 6) is 0.451. The third kappa shape index (κ3) is 2.77. The fourth-order valence-corrected chi connectivity index (χ4v) is 2.26. The summed E-state index contributed by atoms with van der Waals surface area (Å²) < 4.78 is 16.3. The summed E-state index contributed by atoms with van der Waals surface area (Å²) in [6.07, 6.45) is 2.48. The van der Waals surface area contributed by atoms with Crippen molar-refractivity contribution in [3.8, 4) is 11.5 Å². The zero-order valence-corrected chi connectivity index (χ0v) is 12.1. The van der Waals surface area contributed by atoms with Crippen LogP contribution in [0, 0.1) is 0 Å². The second-order valence-corrected chi connectivity index (χ2v) is 5.13. The van der Waals surface area contributed by atoms with Gasteiger partial charge in [0.1, 0.15) is 11.5 Å². The molecule has 0 aliphatic carbocycles. The van der Waals surface area contributed by atoms with Crippen molar-refractivity contribution in [3.63, 3.8) is 0 Å². The van der Waals surface area contributed by atoms with Crippen LogP contribution in [0.3, 0.4) is 0 Å². The van der Waals surface area contributed by atoms with Crippen molar-refractivity contribution in [2.75, 3.05) is 4.90 Å². The number of carbonyl (C=O) groups excluding carboxylic acids is 2. The highest BCUT2D eigenvalue weighted by molar-refractivity contribution is 7.65. The summed E-state index contributed by atoms with van der Waals surface area (Å²) in [5, 5.41) is 0. The Bertz CT molecular complexity index is 748. The molecule has 1 heterocycles. The number of carbonyl (C=O) groups is 2. The van der Waals surface area contributed by atoms with Crippen molar-refractivity contribution in [1.29, 1.82) is 0 Å². The van der Waals surface area contributed by atoms with E-state index in [1.807, 2.05) is 0 Å². The third-order valence-corrected chi connectivity index (χ3v) is 3.52. The molecule has 0 bridgehead atoms. The molecule has 0 fully saturated rings. The first-order valence-electron chi connectivity index (χ1n) is 6.41. The van der Waals surface area contributed by atoms with Crippen molar-refractivity contribution >= 4 is 29.2 Å². The summed E-state index contributed by atoms with van der Waals surface area (Å²) in [6.45, 7) is 0. The van der Waals surface area contributed by atoms with Gasteiger partial charge in [-0.3, -0.25) is 9.59 Å². The number of amides is 2. The molecule has 1 aliphatic rings. The van der Waals surface area contributed by atoms with Gasteiger partial charge in [0, 0.05) is 28.5 Å². The molecule has 0 spiro atoms. The Morgan fingerprint density at radius 1 is 0.773 bits per heavy atom. The van der Waals surface area contributed by atoms with Crippen molar-refractivity contribution in [1.82, 2.24) is 0 Å². The Morgan fingerprint density at radius 3 is 1.77 bits per heavy atom. The van der Waals surface area contributed by atoms with Gasteiger partial charge in [0.2, 0.25) is 0 Å². The maximum Gasteiger partial charge on any atom is 0.505 e. The molecule has 1 aliphatic heterocycles. The van der Waals surface area contributed by atoms with Crippen LogP contribution in [0.5, 0.6) is 11.5 Å². The monoisotopic (exact) mass is 312 g/mol. The lowest BCUT2D eigenvalue weighted by Crippen LogP contribution is -2.29. The second kappa shape index (κ2) is 5.87. The molecule has 0 aromatic heterocycles. The van der Waals surface area contributed by atoms with Crippen LogP contribution in [0.2, 0.25) is 0 Å². The molecule has 0 atom stereocenters. The highest BCUT2D eigenvalue weighted by atomic mass is 32.1. The van der Waals surface area contributed by atoms with Crippen LogP contribution in [-0.2, 0) is 25.5 Å². The molecule has 0 N–H and O–H groups in total. The Hall–Kier alpha value is -2.86. The van der Waals surface area contributed by atoms with E-state index in [0.717, 1.165) is 4.90 Å². The number of nitrogens with zero attached hydrogens (tertiary/aromatic N) is 1. The summed E-state index contributed by atoms with van der Waals surface area (Å²) in [6, 6.07) is 13.4. The largest absolute Gasteiger partial charge is 0.505 e. The van der Waals surface area contributed by atoms with Crippen molar-refractivity contribution in [2.45, 2.75) is 4.90 Å². The number of hydrogen-bond donors (Lipinski definition) is 0. The first kappa shape index (κ1) is 14.1. The van der Waals surface area contributed by atoms with E-state index in [1.165, 1.54) is 12.2 Å². The van der Waals surface area contributed by atoms with Gasteiger partial charge in [-0.25, -0.2) is 4.90 Å². The van der Waals surface area contributed by atoms with Crippen molar-refractivity contribution in [2.24, 2.45) is 0 Å². The molecule has 108 valence electrons. The molecule has 0 radical (unpaired) electrons. The van der Waals surface area contributed by atoms with Gasteiger partial charge in [-0.15, -0.1) is 0 Å². The van der Waals surface area contributed by atoms with E-state index in [0.29, 0.717) is 33.7 Å². The SMILES string of the molecule is O=[S+]c1ccc(Oc2ccc(N3C(=O)C=CC3=O)cc2)cc1. The average molecular weight is 312 g/mol. The molecule has 3 rings (SSSR count). The highest BCUT2D eigenvalue weighted by Crippen LogP contribution is 2.26. The van der Waals surface area contributed by atoms with E-state index in [-0.39, 0.29) is 11.8 Å². The maximum absolute atomic E-state index is 11.6. The Labute approximate surface area is 130 Å². The van der Waals surface area contributed by atoms with Crippen molar-refractivity contribution < 1.29 is 18.5 Å². The molecule has 0 unspecified atom stereocenters. The molecule has 0 saturated carbocycles. The first-order valence-corrected chi connectivity index (χ1v) is 7.15. The third-order valence-electron chi connectivity index (χ3n) is 3.06. The van der Waals surface area contributed by atoms with Crippen LogP contribution in [-0.4, -0.2) is 11.8 Å². The smallest absolute Gasteiger partial charge is 0.457 e. The topological polar surface area (TPSA) is 63.7 Å². The summed E-state index contributed by atoms with van der Waals surface area (Å²) in [4.78, 5) is 24.9. The van der Waals surface area contributed by atoms with Gasteiger partial charge in [-0.1, -0.05) is 0 Å². The average Bonchev–Trinajstić information content (AvgIpc) is 2.88. The Morgan fingerprint density at radius 2 is 1.27 bits per heavy atom. The van der Waals surface area contributed by atoms with Gasteiger partial charge >= 0.3 is 11.7 Å². The van der Waals surface area contributed by atoms with E-state index in [4.69, 9.17) is 4.74 Å². The van der Waals surface area contributed by atoms with Crippen LogP contribution < -0.4 is 9.64 Å². The van der Waals surface area contributed by atoms with Gasteiger partial charge in [0.15, 0.2) is 0 Å². The van der Waals surface area contributed by atoms with Crippen LogP contribution in [0.15, 0.2) is 65.6 Å². The van der Waals surface area contributed by atoms with Gasteiger partial charge in [-0.2, -0.15) is 0 Å². The molecule has 22 heavy (non-hydrogen) atoms. The Kier molecular flexibility index (Phi) is 3.76. The lowest BCUT2D eigenvalue weighted by atomic mass is 10.2. The van der Waals surface area contributed by atoms with Crippen LogP contribution in [0.1, 0.15) is 0 Å². The number of benzene rings is 2. The molecule has 2 aromatic carbocycles. The first-order chi connectivity index (χ1) is 10.7. The van der Waals surface area contributed by atoms with Gasteiger partial charge in [0.05, 0.1) is 5.69 Å². The molecular formula is C16H10NO4S+. The van der Waals surface area contributed by atoms with Crippen LogP contribution in [0.25, 0.3) is 0 Å². The van der Waals surface area contributed by atoms with Gasteiger partial charge in [-0.05, 0) is 36.4 Å². The number of ether oxygens (including phenoxy) is 1. The van der Waals surface area contributed by atoms with E-state index >= 15 is 0 Å². The minimum atomic E-state index is -0.357. The molecular weight excluding hydrogens is 302 g/mol. The number of anilines is 1.